The van der Waals surface area contributed by atoms with Crippen molar-refractivity contribution in [3.05, 3.63) is 52.2 Å². The van der Waals surface area contributed by atoms with Crippen molar-refractivity contribution < 1.29 is 0 Å². The Hall–Kier alpha value is -1.81. The molecule has 1 aliphatic rings. The molecule has 1 fully saturated rings. The van der Waals surface area contributed by atoms with Gasteiger partial charge < -0.3 is 4.90 Å². The second kappa shape index (κ2) is 6.09. The minimum Gasteiger partial charge on any atom is -0.368 e. The molecule has 4 heteroatoms. The van der Waals surface area contributed by atoms with E-state index in [1.165, 1.54) is 16.1 Å². The first-order chi connectivity index (χ1) is 9.81. The van der Waals surface area contributed by atoms with Crippen LogP contribution in [0.25, 0.3) is 0 Å². The lowest BCUT2D eigenvalue weighted by Gasteiger charge is -2.34. The molecule has 0 spiro atoms. The van der Waals surface area contributed by atoms with Crippen molar-refractivity contribution in [1.29, 1.82) is 0 Å². The van der Waals surface area contributed by atoms with Crippen LogP contribution in [0.4, 0.5) is 5.69 Å². The fraction of sp³-hybridized carbons (Fsp3) is 0.312. The Kier molecular flexibility index (Phi) is 4.02. The van der Waals surface area contributed by atoms with Crippen molar-refractivity contribution in [3.63, 3.8) is 0 Å². The van der Waals surface area contributed by atoms with Gasteiger partial charge in [-0.15, -0.1) is 11.3 Å². The van der Waals surface area contributed by atoms with Gasteiger partial charge in [0.1, 0.15) is 0 Å². The van der Waals surface area contributed by atoms with Gasteiger partial charge in [-0.3, -0.25) is 5.01 Å². The number of aryl methyl sites for hydroxylation is 1. The maximum atomic E-state index is 4.56. The molecule has 1 saturated heterocycles. The third-order valence-corrected chi connectivity index (χ3v) is 4.35. The van der Waals surface area contributed by atoms with Crippen LogP contribution >= 0.6 is 11.3 Å². The fourth-order valence-corrected chi connectivity index (χ4v) is 2.91. The summed E-state index contributed by atoms with van der Waals surface area (Å²) in [4.78, 5) is 3.64. The average Bonchev–Trinajstić information content (AvgIpc) is 3.00. The predicted octanol–water partition coefficient (Wildman–Crippen LogP) is 3.21. The minimum atomic E-state index is 0.982. The third kappa shape index (κ3) is 3.20. The molecule has 3 nitrogen and oxygen atoms in total. The zero-order valence-electron chi connectivity index (χ0n) is 11.7. The Balaban J connectivity index is 1.55. The fourth-order valence-electron chi connectivity index (χ4n) is 2.33. The largest absolute Gasteiger partial charge is 0.368 e. The van der Waals surface area contributed by atoms with Gasteiger partial charge in [0.05, 0.1) is 19.3 Å². The Morgan fingerprint density at radius 3 is 2.45 bits per heavy atom. The van der Waals surface area contributed by atoms with E-state index >= 15 is 0 Å². The summed E-state index contributed by atoms with van der Waals surface area (Å²) in [5.74, 6) is 0. The van der Waals surface area contributed by atoms with Crippen molar-refractivity contribution in [1.82, 2.24) is 5.01 Å². The first kappa shape index (κ1) is 13.2. The third-order valence-electron chi connectivity index (χ3n) is 3.55. The second-order valence-corrected chi connectivity index (χ2v) is 6.02. The molecule has 1 aliphatic heterocycles. The monoisotopic (exact) mass is 285 g/mol. The van der Waals surface area contributed by atoms with Gasteiger partial charge in [0.15, 0.2) is 0 Å². The van der Waals surface area contributed by atoms with Crippen molar-refractivity contribution in [2.75, 3.05) is 31.1 Å². The zero-order valence-corrected chi connectivity index (χ0v) is 12.5. The van der Waals surface area contributed by atoms with Crippen LogP contribution in [0.3, 0.4) is 0 Å². The van der Waals surface area contributed by atoms with E-state index in [0.717, 1.165) is 26.2 Å². The predicted molar refractivity (Wildman–Crippen MR) is 86.9 cm³/mol. The van der Waals surface area contributed by atoms with E-state index in [2.05, 4.69) is 63.7 Å². The molecule has 0 bridgehead atoms. The summed E-state index contributed by atoms with van der Waals surface area (Å²) in [5.41, 5.74) is 2.63. The normalized spacial score (nSPS) is 16.1. The van der Waals surface area contributed by atoms with E-state index in [1.807, 2.05) is 6.21 Å². The van der Waals surface area contributed by atoms with Gasteiger partial charge in [0.2, 0.25) is 0 Å². The van der Waals surface area contributed by atoms with Gasteiger partial charge in [-0.05, 0) is 30.5 Å². The highest BCUT2D eigenvalue weighted by Crippen LogP contribution is 2.17. The quantitative estimate of drug-likeness (QED) is 0.806. The van der Waals surface area contributed by atoms with Gasteiger partial charge in [-0.2, -0.15) is 5.10 Å². The topological polar surface area (TPSA) is 18.8 Å². The van der Waals surface area contributed by atoms with Crippen molar-refractivity contribution in [2.45, 2.75) is 6.92 Å². The number of anilines is 1. The average molecular weight is 285 g/mol. The first-order valence-electron chi connectivity index (χ1n) is 6.95. The highest BCUT2D eigenvalue weighted by molar-refractivity contribution is 7.11. The summed E-state index contributed by atoms with van der Waals surface area (Å²) >= 11 is 1.72. The Bertz CT molecular complexity index is 552. The lowest BCUT2D eigenvalue weighted by atomic mass is 10.2. The molecule has 0 aliphatic carbocycles. The van der Waals surface area contributed by atoms with E-state index < -0.39 is 0 Å². The van der Waals surface area contributed by atoms with E-state index in [9.17, 15) is 0 Å². The maximum absolute atomic E-state index is 4.56. The number of benzene rings is 1. The molecule has 1 aromatic carbocycles. The van der Waals surface area contributed by atoms with Gasteiger partial charge in [-0.1, -0.05) is 23.8 Å². The highest BCUT2D eigenvalue weighted by atomic mass is 32.1. The van der Waals surface area contributed by atoms with Crippen LogP contribution in [0.15, 0.2) is 46.9 Å². The van der Waals surface area contributed by atoms with E-state index in [1.54, 1.807) is 11.3 Å². The van der Waals surface area contributed by atoms with Crippen LogP contribution < -0.4 is 4.90 Å². The molecular formula is C16H19N3S. The summed E-state index contributed by atoms with van der Waals surface area (Å²) in [5, 5.41) is 8.80. The summed E-state index contributed by atoms with van der Waals surface area (Å²) in [6.45, 7) is 6.15. The molecule has 0 saturated carbocycles. The lowest BCUT2D eigenvalue weighted by molar-refractivity contribution is 0.272. The van der Waals surface area contributed by atoms with Crippen molar-refractivity contribution in [2.24, 2.45) is 5.10 Å². The van der Waals surface area contributed by atoms with Crippen molar-refractivity contribution in [3.8, 4) is 0 Å². The Labute approximate surface area is 124 Å². The number of rotatable bonds is 3. The Morgan fingerprint density at radius 1 is 1.05 bits per heavy atom. The lowest BCUT2D eigenvalue weighted by Crippen LogP contribution is -2.44. The molecular weight excluding hydrogens is 266 g/mol. The number of hydrogen-bond donors (Lipinski definition) is 0. The Morgan fingerprint density at radius 2 is 1.80 bits per heavy atom. The zero-order chi connectivity index (χ0) is 13.8. The van der Waals surface area contributed by atoms with Gasteiger partial charge in [0, 0.05) is 23.7 Å². The molecule has 0 amide bonds. The molecule has 2 aromatic rings. The number of piperazine rings is 1. The summed E-state index contributed by atoms with van der Waals surface area (Å²) in [6, 6.07) is 12.9. The smallest absolute Gasteiger partial charge is 0.0642 e. The van der Waals surface area contributed by atoms with Crippen LogP contribution in [0.2, 0.25) is 0 Å². The molecule has 0 unspecified atom stereocenters. The van der Waals surface area contributed by atoms with Crippen LogP contribution in [0.1, 0.15) is 10.4 Å². The summed E-state index contributed by atoms with van der Waals surface area (Å²) < 4.78 is 0. The van der Waals surface area contributed by atoms with E-state index in [0.29, 0.717) is 0 Å². The molecule has 1 aromatic heterocycles. The van der Waals surface area contributed by atoms with Crippen LogP contribution in [0, 0.1) is 6.92 Å². The summed E-state index contributed by atoms with van der Waals surface area (Å²) in [7, 11) is 0. The molecule has 20 heavy (non-hydrogen) atoms. The minimum absolute atomic E-state index is 0.982. The molecule has 2 heterocycles. The highest BCUT2D eigenvalue weighted by Gasteiger charge is 2.15. The van der Waals surface area contributed by atoms with E-state index in [4.69, 9.17) is 0 Å². The standard InChI is InChI=1S/C16H19N3S/c1-14-4-6-15(7-5-14)18-8-10-19(11-9-18)17-13-16-3-2-12-20-16/h2-7,12-13H,8-11H2,1H3/b17-13+. The van der Waals surface area contributed by atoms with Gasteiger partial charge in [0.25, 0.3) is 0 Å². The van der Waals surface area contributed by atoms with Crippen LogP contribution in [0.5, 0.6) is 0 Å². The second-order valence-electron chi connectivity index (χ2n) is 5.04. The van der Waals surface area contributed by atoms with Crippen molar-refractivity contribution >= 4 is 23.2 Å². The maximum Gasteiger partial charge on any atom is 0.0642 e. The van der Waals surface area contributed by atoms with Crippen LogP contribution in [-0.2, 0) is 0 Å². The van der Waals surface area contributed by atoms with Gasteiger partial charge in [-0.25, -0.2) is 0 Å². The van der Waals surface area contributed by atoms with Crippen LogP contribution in [-0.4, -0.2) is 37.4 Å². The number of thiophene rings is 1. The number of hydrogen-bond acceptors (Lipinski definition) is 4. The van der Waals surface area contributed by atoms with E-state index in [-0.39, 0.29) is 0 Å². The first-order valence-corrected chi connectivity index (χ1v) is 7.83. The summed E-state index contributed by atoms with van der Waals surface area (Å²) in [6.07, 6.45) is 1.96. The number of nitrogens with zero attached hydrogens (tertiary/aromatic N) is 3. The van der Waals surface area contributed by atoms with Gasteiger partial charge >= 0.3 is 0 Å². The molecule has 3 rings (SSSR count). The molecule has 0 radical (unpaired) electrons. The SMILES string of the molecule is Cc1ccc(N2CCN(/N=C/c3cccs3)CC2)cc1. The molecule has 0 N–H and O–H groups in total. The molecule has 0 atom stereocenters. The number of hydrazone groups is 1. The molecule has 104 valence electrons.